The van der Waals surface area contributed by atoms with E-state index in [1.807, 2.05) is 0 Å². The predicted molar refractivity (Wildman–Crippen MR) is 153 cm³/mol. The fourth-order valence-electron chi connectivity index (χ4n) is 10.7. The molecule has 2 saturated heterocycles. The average Bonchev–Trinajstić information content (AvgIpc) is 3.26. The highest BCUT2D eigenvalue weighted by Gasteiger charge is 2.74. The highest BCUT2D eigenvalue weighted by atomic mass is 16.5. The summed E-state index contributed by atoms with van der Waals surface area (Å²) in [5.74, 6) is 3.34. The largest absolute Gasteiger partial charge is 0.363 e. The summed E-state index contributed by atoms with van der Waals surface area (Å²) in [5.41, 5.74) is 3.58. The predicted octanol–water partition coefficient (Wildman–Crippen LogP) is 8.50. The number of Topliss-reactive ketones (excluding diaryl/α,β-unsaturated/α-hetero) is 1. The maximum atomic E-state index is 14.4. The summed E-state index contributed by atoms with van der Waals surface area (Å²) in [4.78, 5) is 14.4. The van der Waals surface area contributed by atoms with E-state index in [9.17, 15) is 4.79 Å². The Balaban J connectivity index is 1.17. The van der Waals surface area contributed by atoms with Gasteiger partial charge < -0.3 is 4.74 Å². The summed E-state index contributed by atoms with van der Waals surface area (Å²) in [7, 11) is 0. The van der Waals surface area contributed by atoms with Crippen LogP contribution in [-0.4, -0.2) is 17.5 Å². The van der Waals surface area contributed by atoms with Crippen LogP contribution in [0.15, 0.2) is 66.7 Å². The standard InChI is InChI=1S/C36H44O2/c1-24(14-16-29(25-10-6-4-7-11-25)26-12-8-5-9-13-26)30-18-19-31-32-17-15-27-22-28-20-21-35(27,3)36(32,38-28)33(37)23-34(30,31)2/h4-13,16,24,27-28,30-32H,14-15,17-23H2,1-3H3/t24-,27-,28-,30+,31-,32-,34+,35-,36-/m0/s1. The van der Waals surface area contributed by atoms with Crippen LogP contribution in [0.4, 0.5) is 0 Å². The number of hydrogen-bond acceptors (Lipinski definition) is 2. The van der Waals surface area contributed by atoms with E-state index in [2.05, 4.69) is 87.5 Å². The van der Waals surface area contributed by atoms with E-state index in [0.717, 1.165) is 19.3 Å². The summed E-state index contributed by atoms with van der Waals surface area (Å²) in [5, 5.41) is 0. The molecule has 2 nitrogen and oxygen atoms in total. The Labute approximate surface area is 229 Å². The zero-order valence-electron chi connectivity index (χ0n) is 23.5. The SMILES string of the molecule is C[C@@H](CC=C(c1ccccc1)c1ccccc1)[C@H]1CC[C@H]2[C@@H]3CC[C@H]4C[C@@H]5CC[C@]4(C)[C@@]3(O5)C(=O)C[C@]12C. The lowest BCUT2D eigenvalue weighted by atomic mass is 9.40. The van der Waals surface area contributed by atoms with Crippen molar-refractivity contribution < 1.29 is 9.53 Å². The summed E-state index contributed by atoms with van der Waals surface area (Å²) in [6, 6.07) is 21.6. The third-order valence-corrected chi connectivity index (χ3v) is 12.5. The van der Waals surface area contributed by atoms with Gasteiger partial charge in [-0.1, -0.05) is 87.5 Å². The minimum Gasteiger partial charge on any atom is -0.363 e. The number of rotatable bonds is 5. The van der Waals surface area contributed by atoms with E-state index in [1.165, 1.54) is 55.2 Å². The highest BCUT2D eigenvalue weighted by Crippen LogP contribution is 2.72. The molecule has 0 aromatic heterocycles. The van der Waals surface area contributed by atoms with Crippen molar-refractivity contribution in [3.63, 3.8) is 0 Å². The van der Waals surface area contributed by atoms with E-state index in [1.54, 1.807) is 0 Å². The summed E-state index contributed by atoms with van der Waals surface area (Å²) < 4.78 is 6.93. The van der Waals surface area contributed by atoms with E-state index in [4.69, 9.17) is 4.74 Å². The molecule has 0 N–H and O–H groups in total. The normalized spacial score (nSPS) is 41.8. The van der Waals surface area contributed by atoms with Crippen LogP contribution in [0.2, 0.25) is 0 Å². The summed E-state index contributed by atoms with van der Waals surface area (Å²) in [6.45, 7) is 7.38. The second-order valence-electron chi connectivity index (χ2n) is 14.0. The van der Waals surface area contributed by atoms with Gasteiger partial charge >= 0.3 is 0 Å². The van der Waals surface area contributed by atoms with Gasteiger partial charge in [0, 0.05) is 11.8 Å². The molecule has 9 atom stereocenters. The van der Waals surface area contributed by atoms with Gasteiger partial charge in [0.15, 0.2) is 5.78 Å². The first kappa shape index (κ1) is 24.8. The lowest BCUT2D eigenvalue weighted by Crippen LogP contribution is -2.75. The van der Waals surface area contributed by atoms with Crippen LogP contribution in [-0.2, 0) is 9.53 Å². The Morgan fingerprint density at radius 1 is 0.921 bits per heavy atom. The molecular weight excluding hydrogens is 464 g/mol. The smallest absolute Gasteiger partial charge is 0.166 e. The van der Waals surface area contributed by atoms with Crippen molar-refractivity contribution in [1.29, 1.82) is 0 Å². The Morgan fingerprint density at radius 2 is 1.58 bits per heavy atom. The molecule has 8 rings (SSSR count). The number of ketones is 1. The molecular formula is C36H44O2. The molecule has 1 spiro atoms. The van der Waals surface area contributed by atoms with Gasteiger partial charge in [0.25, 0.3) is 0 Å². The van der Waals surface area contributed by atoms with Crippen LogP contribution in [0.5, 0.6) is 0 Å². The molecule has 0 radical (unpaired) electrons. The second kappa shape index (κ2) is 8.91. The van der Waals surface area contributed by atoms with Gasteiger partial charge in [-0.05, 0) is 103 Å². The molecule has 4 saturated carbocycles. The Bertz CT molecular complexity index is 1190. The maximum absolute atomic E-state index is 14.4. The van der Waals surface area contributed by atoms with E-state index < -0.39 is 5.60 Å². The van der Waals surface area contributed by atoms with Crippen LogP contribution >= 0.6 is 0 Å². The van der Waals surface area contributed by atoms with Crippen LogP contribution < -0.4 is 0 Å². The van der Waals surface area contributed by atoms with Crippen LogP contribution in [0, 0.1) is 40.4 Å². The van der Waals surface area contributed by atoms with Crippen LogP contribution in [0.3, 0.4) is 0 Å². The number of fused-ring (bicyclic) bond motifs is 3. The molecule has 6 aliphatic rings. The van der Waals surface area contributed by atoms with E-state index >= 15 is 0 Å². The number of carbonyl (C=O) groups is 1. The first-order chi connectivity index (χ1) is 18.4. The van der Waals surface area contributed by atoms with Gasteiger partial charge in [-0.3, -0.25) is 4.79 Å². The molecule has 2 aliphatic heterocycles. The fraction of sp³-hybridized carbons (Fsp3) is 0.583. The minimum absolute atomic E-state index is 0.0653. The zero-order chi connectivity index (χ0) is 26.1. The molecule has 38 heavy (non-hydrogen) atoms. The Kier molecular flexibility index (Phi) is 5.82. The number of ether oxygens (including phenoxy) is 1. The van der Waals surface area contributed by atoms with Crippen molar-refractivity contribution in [2.24, 2.45) is 40.4 Å². The monoisotopic (exact) mass is 508 g/mol. The lowest BCUT2D eigenvalue weighted by Gasteiger charge is -2.70. The Hall–Kier alpha value is -2.19. The molecule has 0 unspecified atom stereocenters. The van der Waals surface area contributed by atoms with Gasteiger partial charge in [0.2, 0.25) is 0 Å². The van der Waals surface area contributed by atoms with Gasteiger partial charge in [-0.25, -0.2) is 0 Å². The van der Waals surface area contributed by atoms with Gasteiger partial charge in [-0.2, -0.15) is 0 Å². The molecule has 0 amide bonds. The molecule has 2 aromatic rings. The number of allylic oxidation sites excluding steroid dienone is 1. The molecule has 2 heteroatoms. The zero-order valence-corrected chi connectivity index (χ0v) is 23.5. The molecule has 4 bridgehead atoms. The minimum atomic E-state index is -0.479. The van der Waals surface area contributed by atoms with Crippen molar-refractivity contribution in [3.8, 4) is 0 Å². The number of carbonyl (C=O) groups excluding carboxylic acids is 1. The first-order valence-corrected chi connectivity index (χ1v) is 15.4. The first-order valence-electron chi connectivity index (χ1n) is 15.4. The maximum Gasteiger partial charge on any atom is 0.166 e. The summed E-state index contributed by atoms with van der Waals surface area (Å²) in [6.07, 6.45) is 13.2. The molecule has 2 heterocycles. The third-order valence-electron chi connectivity index (χ3n) is 12.5. The molecule has 2 aromatic carbocycles. The molecule has 200 valence electrons. The number of benzene rings is 2. The van der Waals surface area contributed by atoms with Gasteiger partial charge in [0.1, 0.15) is 5.60 Å². The third kappa shape index (κ3) is 3.38. The second-order valence-corrected chi connectivity index (χ2v) is 14.0. The van der Waals surface area contributed by atoms with Crippen molar-refractivity contribution >= 4 is 11.4 Å². The molecule has 4 aliphatic carbocycles. The fourth-order valence-corrected chi connectivity index (χ4v) is 10.7. The highest BCUT2D eigenvalue weighted by molar-refractivity contribution is 5.91. The summed E-state index contributed by atoms with van der Waals surface area (Å²) >= 11 is 0. The van der Waals surface area contributed by atoms with E-state index in [-0.39, 0.29) is 10.8 Å². The lowest BCUT2D eigenvalue weighted by molar-refractivity contribution is -0.307. The van der Waals surface area contributed by atoms with Crippen molar-refractivity contribution in [3.05, 3.63) is 77.9 Å². The van der Waals surface area contributed by atoms with Crippen LogP contribution in [0.25, 0.3) is 5.57 Å². The average molecular weight is 509 g/mol. The van der Waals surface area contributed by atoms with Crippen molar-refractivity contribution in [1.82, 2.24) is 0 Å². The van der Waals surface area contributed by atoms with Crippen LogP contribution in [0.1, 0.15) is 89.7 Å². The van der Waals surface area contributed by atoms with Crippen molar-refractivity contribution in [2.45, 2.75) is 90.3 Å². The van der Waals surface area contributed by atoms with E-state index in [0.29, 0.717) is 41.5 Å². The Morgan fingerprint density at radius 3 is 2.26 bits per heavy atom. The van der Waals surface area contributed by atoms with Crippen molar-refractivity contribution in [2.75, 3.05) is 0 Å². The van der Waals surface area contributed by atoms with Gasteiger partial charge in [0.05, 0.1) is 6.10 Å². The molecule has 6 fully saturated rings. The number of hydrogen-bond donors (Lipinski definition) is 0. The van der Waals surface area contributed by atoms with Gasteiger partial charge in [-0.15, -0.1) is 0 Å². The topological polar surface area (TPSA) is 26.3 Å². The quantitative estimate of drug-likeness (QED) is 0.405.